The summed E-state index contributed by atoms with van der Waals surface area (Å²) in [6, 6.07) is 0. The minimum absolute atomic E-state index is 0.108. The van der Waals surface area contributed by atoms with Crippen molar-refractivity contribution in [1.82, 2.24) is 0 Å². The zero-order valence-corrected chi connectivity index (χ0v) is 8.58. The van der Waals surface area contributed by atoms with E-state index in [4.69, 9.17) is 9.84 Å². The van der Waals surface area contributed by atoms with Crippen LogP contribution in [0.2, 0.25) is 0 Å². The first-order chi connectivity index (χ1) is 6.24. The van der Waals surface area contributed by atoms with E-state index >= 15 is 0 Å². The highest BCUT2D eigenvalue weighted by atomic mass is 16.5. The monoisotopic (exact) mass is 188 g/mol. The summed E-state index contributed by atoms with van der Waals surface area (Å²) in [5, 5.41) is 8.95. The molecular weight excluding hydrogens is 168 g/mol. The Bertz CT molecular complexity index is 134. The van der Waals surface area contributed by atoms with Crippen molar-refractivity contribution in [3.63, 3.8) is 0 Å². The van der Waals surface area contributed by atoms with E-state index in [2.05, 4.69) is 6.92 Å². The molecule has 0 aliphatic carbocycles. The second kappa shape index (κ2) is 8.05. The molecule has 0 aromatic rings. The predicted molar refractivity (Wildman–Crippen MR) is 51.4 cm³/mol. The summed E-state index contributed by atoms with van der Waals surface area (Å²) < 4.78 is 4.94. The smallest absolute Gasteiger partial charge is 0.305 e. The van der Waals surface area contributed by atoms with Gasteiger partial charge in [-0.1, -0.05) is 26.7 Å². The van der Waals surface area contributed by atoms with Crippen molar-refractivity contribution < 1.29 is 14.6 Å². The Labute approximate surface area is 80.1 Å². The lowest BCUT2D eigenvalue weighted by Crippen LogP contribution is -2.16. The lowest BCUT2D eigenvalue weighted by atomic mass is 10.0. The second-order valence-electron chi connectivity index (χ2n) is 3.23. The minimum atomic E-state index is -0.185. The Kier molecular flexibility index (Phi) is 7.69. The van der Waals surface area contributed by atoms with Crippen LogP contribution in [0.5, 0.6) is 0 Å². The maximum absolute atomic E-state index is 10.8. The number of aliphatic hydroxyl groups is 1. The zero-order chi connectivity index (χ0) is 10.1. The first-order valence-corrected chi connectivity index (χ1v) is 5.01. The van der Waals surface area contributed by atoms with Gasteiger partial charge in [-0.05, 0) is 6.42 Å². The van der Waals surface area contributed by atoms with Crippen LogP contribution in [0.3, 0.4) is 0 Å². The van der Waals surface area contributed by atoms with Crippen molar-refractivity contribution in [3.8, 4) is 0 Å². The van der Waals surface area contributed by atoms with Gasteiger partial charge in [-0.15, -0.1) is 0 Å². The fraction of sp³-hybridized carbons (Fsp3) is 0.900. The molecule has 0 amide bonds. The van der Waals surface area contributed by atoms with E-state index in [0.717, 1.165) is 19.3 Å². The second-order valence-corrected chi connectivity index (χ2v) is 3.23. The van der Waals surface area contributed by atoms with Crippen molar-refractivity contribution in [1.29, 1.82) is 0 Å². The van der Waals surface area contributed by atoms with Crippen LogP contribution in [-0.2, 0) is 9.53 Å². The maximum Gasteiger partial charge on any atom is 0.305 e. The van der Waals surface area contributed by atoms with Crippen LogP contribution in [0, 0.1) is 5.92 Å². The first-order valence-electron chi connectivity index (χ1n) is 5.01. The molecule has 0 radical (unpaired) electrons. The maximum atomic E-state index is 10.8. The molecule has 0 aliphatic rings. The largest absolute Gasteiger partial charge is 0.465 e. The van der Waals surface area contributed by atoms with Gasteiger partial charge in [-0.2, -0.15) is 0 Å². The summed E-state index contributed by atoms with van der Waals surface area (Å²) in [5.74, 6) is -0.0644. The van der Waals surface area contributed by atoms with Gasteiger partial charge in [0.2, 0.25) is 0 Å². The molecule has 0 heterocycles. The lowest BCUT2D eigenvalue weighted by molar-refractivity contribution is -0.145. The highest BCUT2D eigenvalue weighted by molar-refractivity contribution is 5.68. The number of ether oxygens (including phenoxy) is 1. The number of hydrogen-bond acceptors (Lipinski definition) is 3. The molecule has 78 valence electrons. The van der Waals surface area contributed by atoms with Crippen LogP contribution < -0.4 is 0 Å². The topological polar surface area (TPSA) is 46.5 Å². The van der Waals surface area contributed by atoms with Crippen LogP contribution in [0.4, 0.5) is 0 Å². The van der Waals surface area contributed by atoms with E-state index in [9.17, 15) is 4.79 Å². The molecule has 3 nitrogen and oxygen atoms in total. The van der Waals surface area contributed by atoms with Crippen LogP contribution in [0.25, 0.3) is 0 Å². The van der Waals surface area contributed by atoms with Gasteiger partial charge >= 0.3 is 5.97 Å². The summed E-state index contributed by atoms with van der Waals surface area (Å²) in [4.78, 5) is 10.8. The molecule has 13 heavy (non-hydrogen) atoms. The van der Waals surface area contributed by atoms with Crippen LogP contribution in [0.15, 0.2) is 0 Å². The van der Waals surface area contributed by atoms with Gasteiger partial charge in [0, 0.05) is 18.9 Å². The Balaban J connectivity index is 3.52. The normalized spacial score (nSPS) is 12.5. The summed E-state index contributed by atoms with van der Waals surface area (Å²) in [6.45, 7) is 4.34. The standard InChI is InChI=1S/C10H20O3/c1-3-5-6-9(7-11)8-13-10(12)4-2/h9,11H,3-8H2,1-2H3/t9-/m1/s1. The molecule has 1 N–H and O–H groups in total. The van der Waals surface area contributed by atoms with E-state index in [0.29, 0.717) is 13.0 Å². The Morgan fingerprint density at radius 1 is 1.46 bits per heavy atom. The molecule has 0 aromatic carbocycles. The van der Waals surface area contributed by atoms with Crippen molar-refractivity contribution in [3.05, 3.63) is 0 Å². The Morgan fingerprint density at radius 2 is 2.15 bits per heavy atom. The zero-order valence-electron chi connectivity index (χ0n) is 8.58. The minimum Gasteiger partial charge on any atom is -0.465 e. The van der Waals surface area contributed by atoms with Gasteiger partial charge in [0.25, 0.3) is 0 Å². The average molecular weight is 188 g/mol. The van der Waals surface area contributed by atoms with Crippen molar-refractivity contribution in [2.75, 3.05) is 13.2 Å². The van der Waals surface area contributed by atoms with Gasteiger partial charge in [0.05, 0.1) is 6.61 Å². The third-order valence-electron chi connectivity index (χ3n) is 1.99. The molecule has 0 fully saturated rings. The number of rotatable bonds is 7. The van der Waals surface area contributed by atoms with E-state index < -0.39 is 0 Å². The first kappa shape index (κ1) is 12.4. The number of carbonyl (C=O) groups is 1. The van der Waals surface area contributed by atoms with Gasteiger partial charge in [-0.25, -0.2) is 0 Å². The van der Waals surface area contributed by atoms with E-state index in [-0.39, 0.29) is 18.5 Å². The predicted octanol–water partition coefficient (Wildman–Crippen LogP) is 1.74. The third kappa shape index (κ3) is 6.58. The van der Waals surface area contributed by atoms with Crippen LogP contribution in [-0.4, -0.2) is 24.3 Å². The molecule has 0 bridgehead atoms. The quantitative estimate of drug-likeness (QED) is 0.619. The molecule has 0 saturated heterocycles. The van der Waals surface area contributed by atoms with E-state index in [1.807, 2.05) is 0 Å². The van der Waals surface area contributed by atoms with Gasteiger partial charge < -0.3 is 9.84 Å². The number of aliphatic hydroxyl groups excluding tert-OH is 1. The Hall–Kier alpha value is -0.570. The molecule has 3 heteroatoms. The number of unbranched alkanes of at least 4 members (excludes halogenated alkanes) is 1. The molecule has 0 saturated carbocycles. The molecular formula is C10H20O3. The van der Waals surface area contributed by atoms with Gasteiger partial charge in [-0.3, -0.25) is 4.79 Å². The summed E-state index contributed by atoms with van der Waals surface area (Å²) in [5.41, 5.74) is 0. The van der Waals surface area contributed by atoms with Crippen molar-refractivity contribution in [2.45, 2.75) is 39.5 Å². The van der Waals surface area contributed by atoms with E-state index in [1.54, 1.807) is 6.92 Å². The summed E-state index contributed by atoms with van der Waals surface area (Å²) in [6.07, 6.45) is 3.53. The molecule has 0 aliphatic heterocycles. The molecule has 1 atom stereocenters. The van der Waals surface area contributed by atoms with Crippen molar-refractivity contribution >= 4 is 5.97 Å². The molecule has 0 aromatic heterocycles. The fourth-order valence-electron chi connectivity index (χ4n) is 1.03. The molecule has 0 unspecified atom stereocenters. The van der Waals surface area contributed by atoms with Crippen LogP contribution in [0.1, 0.15) is 39.5 Å². The number of carbonyl (C=O) groups excluding carboxylic acids is 1. The molecule has 0 rings (SSSR count). The van der Waals surface area contributed by atoms with E-state index in [1.165, 1.54) is 0 Å². The molecule has 0 spiro atoms. The summed E-state index contributed by atoms with van der Waals surface area (Å²) >= 11 is 0. The SMILES string of the molecule is CCCC[C@H](CO)COC(=O)CC. The number of hydrogen-bond donors (Lipinski definition) is 1. The Morgan fingerprint density at radius 3 is 2.62 bits per heavy atom. The van der Waals surface area contributed by atoms with Gasteiger partial charge in [0.1, 0.15) is 0 Å². The third-order valence-corrected chi connectivity index (χ3v) is 1.99. The van der Waals surface area contributed by atoms with Crippen LogP contribution >= 0.6 is 0 Å². The summed E-state index contributed by atoms with van der Waals surface area (Å²) in [7, 11) is 0. The fourth-order valence-corrected chi connectivity index (χ4v) is 1.03. The number of esters is 1. The average Bonchev–Trinajstić information content (AvgIpc) is 2.17. The highest BCUT2D eigenvalue weighted by Crippen LogP contribution is 2.08. The van der Waals surface area contributed by atoms with Crippen molar-refractivity contribution in [2.24, 2.45) is 5.92 Å². The highest BCUT2D eigenvalue weighted by Gasteiger charge is 2.09. The lowest BCUT2D eigenvalue weighted by Gasteiger charge is -2.13. The van der Waals surface area contributed by atoms with Gasteiger partial charge in [0.15, 0.2) is 0 Å².